The number of rotatable bonds is 3. The summed E-state index contributed by atoms with van der Waals surface area (Å²) in [5.74, 6) is -0.201. The highest BCUT2D eigenvalue weighted by Crippen LogP contribution is 2.36. The standard InChI is InChI=1S/C18H20N2O3S/c1-11-10-15(17(22)23-11)24-18-19-14-9-5-4-8-13(14)16(21)20(18)12-6-2-3-7-12/h4-5,8-9,11-12,15H,2-3,6-7,10H2,1H3/t11-,15+/m1/s1. The summed E-state index contributed by atoms with van der Waals surface area (Å²) in [6.45, 7) is 1.90. The van der Waals surface area contributed by atoms with Gasteiger partial charge in [-0.25, -0.2) is 4.98 Å². The van der Waals surface area contributed by atoms with Crippen molar-refractivity contribution in [2.75, 3.05) is 0 Å². The van der Waals surface area contributed by atoms with Crippen molar-refractivity contribution in [2.45, 2.75) is 61.6 Å². The Labute approximate surface area is 144 Å². The Morgan fingerprint density at radius 1 is 1.21 bits per heavy atom. The highest BCUT2D eigenvalue weighted by molar-refractivity contribution is 8.00. The van der Waals surface area contributed by atoms with Crippen LogP contribution in [0.5, 0.6) is 0 Å². The van der Waals surface area contributed by atoms with Gasteiger partial charge >= 0.3 is 5.97 Å². The summed E-state index contributed by atoms with van der Waals surface area (Å²) >= 11 is 1.38. The maximum atomic E-state index is 13.0. The van der Waals surface area contributed by atoms with E-state index in [0.717, 1.165) is 25.7 Å². The molecule has 2 aliphatic rings. The van der Waals surface area contributed by atoms with Gasteiger partial charge in [-0.3, -0.25) is 14.2 Å². The van der Waals surface area contributed by atoms with Crippen molar-refractivity contribution in [2.24, 2.45) is 0 Å². The largest absolute Gasteiger partial charge is 0.462 e. The van der Waals surface area contributed by atoms with Crippen LogP contribution in [0.2, 0.25) is 0 Å². The van der Waals surface area contributed by atoms with Crippen LogP contribution in [0, 0.1) is 0 Å². The summed E-state index contributed by atoms with van der Waals surface area (Å²) < 4.78 is 7.08. The van der Waals surface area contributed by atoms with E-state index in [2.05, 4.69) is 0 Å². The number of aromatic nitrogens is 2. The van der Waals surface area contributed by atoms with Gasteiger partial charge in [0, 0.05) is 12.5 Å². The number of esters is 1. The first kappa shape index (κ1) is 15.7. The minimum absolute atomic E-state index is 0.00872. The lowest BCUT2D eigenvalue weighted by Crippen LogP contribution is -2.27. The van der Waals surface area contributed by atoms with Gasteiger partial charge in [-0.2, -0.15) is 0 Å². The topological polar surface area (TPSA) is 61.2 Å². The Hall–Kier alpha value is -1.82. The molecule has 2 heterocycles. The van der Waals surface area contributed by atoms with E-state index in [9.17, 15) is 9.59 Å². The molecule has 0 amide bonds. The molecule has 0 unspecified atom stereocenters. The molecule has 5 nitrogen and oxygen atoms in total. The zero-order valence-corrected chi connectivity index (χ0v) is 14.4. The predicted molar refractivity (Wildman–Crippen MR) is 93.3 cm³/mol. The van der Waals surface area contributed by atoms with Crippen LogP contribution in [-0.2, 0) is 9.53 Å². The van der Waals surface area contributed by atoms with Crippen molar-refractivity contribution >= 4 is 28.6 Å². The molecule has 24 heavy (non-hydrogen) atoms. The summed E-state index contributed by atoms with van der Waals surface area (Å²) in [7, 11) is 0. The number of ether oxygens (including phenoxy) is 1. The van der Waals surface area contributed by atoms with Gasteiger partial charge in [-0.05, 0) is 31.9 Å². The smallest absolute Gasteiger partial charge is 0.319 e. The van der Waals surface area contributed by atoms with E-state index in [0.29, 0.717) is 22.5 Å². The van der Waals surface area contributed by atoms with Gasteiger partial charge in [0.1, 0.15) is 11.4 Å². The first-order chi connectivity index (χ1) is 11.6. The van der Waals surface area contributed by atoms with E-state index in [1.807, 2.05) is 35.8 Å². The van der Waals surface area contributed by atoms with Crippen molar-refractivity contribution < 1.29 is 9.53 Å². The third kappa shape index (κ3) is 2.73. The van der Waals surface area contributed by atoms with Crippen LogP contribution in [0.3, 0.4) is 0 Å². The first-order valence-corrected chi connectivity index (χ1v) is 9.40. The fraction of sp³-hybridized carbons (Fsp3) is 0.500. The van der Waals surface area contributed by atoms with Crippen LogP contribution < -0.4 is 5.56 Å². The Morgan fingerprint density at radius 2 is 1.96 bits per heavy atom. The Balaban J connectivity index is 1.81. The molecule has 0 spiro atoms. The van der Waals surface area contributed by atoms with Crippen molar-refractivity contribution in [1.29, 1.82) is 0 Å². The van der Waals surface area contributed by atoms with Crippen LogP contribution in [-0.4, -0.2) is 26.9 Å². The molecule has 1 saturated carbocycles. The number of para-hydroxylation sites is 1. The third-order valence-corrected chi connectivity index (χ3v) is 6.01. The molecule has 0 bridgehead atoms. The molecule has 0 radical (unpaired) electrons. The number of thioether (sulfide) groups is 1. The quantitative estimate of drug-likeness (QED) is 0.631. The average Bonchev–Trinajstić information content (AvgIpc) is 3.18. The van der Waals surface area contributed by atoms with Crippen LogP contribution in [0.15, 0.2) is 34.2 Å². The zero-order valence-electron chi connectivity index (χ0n) is 13.6. The number of hydrogen-bond donors (Lipinski definition) is 0. The van der Waals surface area contributed by atoms with E-state index in [1.165, 1.54) is 11.8 Å². The third-order valence-electron chi connectivity index (χ3n) is 4.84. The average molecular weight is 344 g/mol. The lowest BCUT2D eigenvalue weighted by Gasteiger charge is -2.19. The second kappa shape index (κ2) is 6.24. The normalized spacial score (nSPS) is 24.6. The first-order valence-electron chi connectivity index (χ1n) is 8.52. The summed E-state index contributed by atoms with van der Waals surface area (Å²) in [5.41, 5.74) is 0.702. The Morgan fingerprint density at radius 3 is 2.67 bits per heavy atom. The maximum Gasteiger partial charge on any atom is 0.319 e. The molecule has 4 rings (SSSR count). The van der Waals surface area contributed by atoms with Gasteiger partial charge < -0.3 is 4.74 Å². The molecule has 2 atom stereocenters. The van der Waals surface area contributed by atoms with Crippen molar-refractivity contribution in [3.63, 3.8) is 0 Å². The second-order valence-corrected chi connectivity index (χ2v) is 7.78. The van der Waals surface area contributed by atoms with Crippen molar-refractivity contribution in [3.05, 3.63) is 34.6 Å². The molecule has 126 valence electrons. The van der Waals surface area contributed by atoms with Gasteiger partial charge in [0.25, 0.3) is 5.56 Å². The van der Waals surface area contributed by atoms with Crippen molar-refractivity contribution in [1.82, 2.24) is 9.55 Å². The van der Waals surface area contributed by atoms with Gasteiger partial charge in [0.05, 0.1) is 10.9 Å². The molecular weight excluding hydrogens is 324 g/mol. The summed E-state index contributed by atoms with van der Waals surface area (Å²) in [4.78, 5) is 29.8. The van der Waals surface area contributed by atoms with E-state index in [4.69, 9.17) is 9.72 Å². The fourth-order valence-electron chi connectivity index (χ4n) is 3.64. The number of carbonyl (C=O) groups excluding carboxylic acids is 1. The van der Waals surface area contributed by atoms with Gasteiger partial charge in [0.15, 0.2) is 5.16 Å². The number of cyclic esters (lactones) is 1. The minimum atomic E-state index is -0.277. The van der Waals surface area contributed by atoms with E-state index >= 15 is 0 Å². The van der Waals surface area contributed by atoms with Crippen LogP contribution in [0.1, 0.15) is 45.1 Å². The number of benzene rings is 1. The zero-order chi connectivity index (χ0) is 16.7. The SMILES string of the molecule is C[C@@H]1C[C@H](Sc2nc3ccccc3c(=O)n2C2CCCC2)C(=O)O1. The number of hydrogen-bond acceptors (Lipinski definition) is 5. The molecule has 6 heteroatoms. The van der Waals surface area contributed by atoms with Crippen LogP contribution in [0.25, 0.3) is 10.9 Å². The lowest BCUT2D eigenvalue weighted by atomic mass is 10.2. The lowest BCUT2D eigenvalue weighted by molar-refractivity contribution is -0.140. The maximum absolute atomic E-state index is 13.0. The van der Waals surface area contributed by atoms with E-state index < -0.39 is 0 Å². The van der Waals surface area contributed by atoms with Crippen molar-refractivity contribution in [3.8, 4) is 0 Å². The molecule has 1 aromatic carbocycles. The van der Waals surface area contributed by atoms with Gasteiger partial charge in [-0.1, -0.05) is 36.7 Å². The summed E-state index contributed by atoms with van der Waals surface area (Å²) in [5, 5.41) is 1.03. The molecule has 1 aliphatic heterocycles. The fourth-order valence-corrected chi connectivity index (χ4v) is 4.91. The highest BCUT2D eigenvalue weighted by Gasteiger charge is 2.35. The molecule has 2 fully saturated rings. The highest BCUT2D eigenvalue weighted by atomic mass is 32.2. The molecule has 1 saturated heterocycles. The molecule has 0 N–H and O–H groups in total. The molecule has 1 aromatic heterocycles. The van der Waals surface area contributed by atoms with E-state index in [1.54, 1.807) is 0 Å². The number of fused-ring (bicyclic) bond motifs is 1. The summed E-state index contributed by atoms with van der Waals surface area (Å²) in [6.07, 6.45) is 4.87. The van der Waals surface area contributed by atoms with Crippen LogP contribution >= 0.6 is 11.8 Å². The monoisotopic (exact) mass is 344 g/mol. The van der Waals surface area contributed by atoms with Crippen LogP contribution in [0.4, 0.5) is 0 Å². The Bertz CT molecular complexity index is 842. The second-order valence-electron chi connectivity index (χ2n) is 6.61. The number of nitrogens with zero attached hydrogens (tertiary/aromatic N) is 2. The van der Waals surface area contributed by atoms with E-state index in [-0.39, 0.29) is 28.9 Å². The van der Waals surface area contributed by atoms with Gasteiger partial charge in [-0.15, -0.1) is 0 Å². The summed E-state index contributed by atoms with van der Waals surface area (Å²) in [6, 6.07) is 7.63. The minimum Gasteiger partial charge on any atom is -0.462 e. The number of carbonyl (C=O) groups is 1. The Kier molecular flexibility index (Phi) is 4.08. The molecular formula is C18H20N2O3S. The molecule has 2 aromatic rings. The predicted octanol–water partition coefficient (Wildman–Crippen LogP) is 3.31. The van der Waals surface area contributed by atoms with Gasteiger partial charge in [0.2, 0.25) is 0 Å². The molecule has 1 aliphatic carbocycles.